The molecule has 0 radical (unpaired) electrons. The Morgan fingerprint density at radius 3 is 2.48 bits per heavy atom. The van der Waals surface area contributed by atoms with E-state index < -0.39 is 9.84 Å². The van der Waals surface area contributed by atoms with Gasteiger partial charge in [0, 0.05) is 19.2 Å². The molecular formula is C16H25ClN2O3S. The van der Waals surface area contributed by atoms with Gasteiger partial charge in [-0.15, -0.1) is 12.4 Å². The highest BCUT2D eigenvalue weighted by Gasteiger charge is 2.15. The Balaban J connectivity index is 0.00000264. The molecule has 23 heavy (non-hydrogen) atoms. The van der Waals surface area contributed by atoms with Crippen molar-refractivity contribution < 1.29 is 13.2 Å². The molecule has 0 aliphatic carbocycles. The van der Waals surface area contributed by atoms with Gasteiger partial charge in [-0.3, -0.25) is 4.79 Å². The fourth-order valence-corrected chi connectivity index (χ4v) is 3.44. The molecule has 1 amide bonds. The molecule has 0 spiro atoms. The van der Waals surface area contributed by atoms with Crippen molar-refractivity contribution in [1.29, 1.82) is 0 Å². The van der Waals surface area contributed by atoms with E-state index in [1.807, 2.05) is 12.1 Å². The first-order valence-electron chi connectivity index (χ1n) is 7.65. The third kappa shape index (κ3) is 7.81. The van der Waals surface area contributed by atoms with Gasteiger partial charge in [0.05, 0.1) is 5.75 Å². The van der Waals surface area contributed by atoms with Crippen molar-refractivity contribution in [3.05, 3.63) is 35.4 Å². The minimum Gasteiger partial charge on any atom is -0.352 e. The molecule has 1 aliphatic heterocycles. The zero-order chi connectivity index (χ0) is 16.0. The van der Waals surface area contributed by atoms with Gasteiger partial charge in [0.1, 0.15) is 0 Å². The third-order valence-electron chi connectivity index (χ3n) is 3.88. The molecule has 0 bridgehead atoms. The van der Waals surface area contributed by atoms with E-state index in [-0.39, 0.29) is 24.1 Å². The number of hydrogen-bond donors (Lipinski definition) is 2. The first-order chi connectivity index (χ1) is 10.4. The van der Waals surface area contributed by atoms with Crippen molar-refractivity contribution >= 4 is 28.2 Å². The summed E-state index contributed by atoms with van der Waals surface area (Å²) in [4.78, 5) is 11.8. The summed E-state index contributed by atoms with van der Waals surface area (Å²) in [5.74, 6) is 0.753. The maximum absolute atomic E-state index is 11.8. The molecule has 0 saturated carbocycles. The van der Waals surface area contributed by atoms with Gasteiger partial charge in [-0.2, -0.15) is 0 Å². The van der Waals surface area contributed by atoms with E-state index in [2.05, 4.69) is 10.6 Å². The molecule has 130 valence electrons. The number of benzene rings is 1. The van der Waals surface area contributed by atoms with Crippen molar-refractivity contribution in [1.82, 2.24) is 10.6 Å². The highest BCUT2D eigenvalue weighted by molar-refractivity contribution is 7.89. The lowest BCUT2D eigenvalue weighted by molar-refractivity contribution is -0.121. The maximum Gasteiger partial charge on any atom is 0.220 e. The van der Waals surface area contributed by atoms with Crippen molar-refractivity contribution in [3.8, 4) is 0 Å². The lowest BCUT2D eigenvalue weighted by Gasteiger charge is -2.09. The van der Waals surface area contributed by atoms with Gasteiger partial charge in [0.15, 0.2) is 9.84 Å². The van der Waals surface area contributed by atoms with Crippen molar-refractivity contribution in [2.24, 2.45) is 5.92 Å². The van der Waals surface area contributed by atoms with Crippen LogP contribution in [0.4, 0.5) is 0 Å². The van der Waals surface area contributed by atoms with E-state index in [1.54, 1.807) is 12.1 Å². The third-order valence-corrected chi connectivity index (χ3v) is 4.74. The number of carbonyl (C=O) groups excluding carboxylic acids is 1. The Morgan fingerprint density at radius 1 is 1.26 bits per heavy atom. The highest BCUT2D eigenvalue weighted by atomic mass is 35.5. The van der Waals surface area contributed by atoms with Gasteiger partial charge >= 0.3 is 0 Å². The lowest BCUT2D eigenvalue weighted by Crippen LogP contribution is -2.23. The molecule has 1 unspecified atom stereocenters. The van der Waals surface area contributed by atoms with Gasteiger partial charge in [0.2, 0.25) is 5.91 Å². The molecule has 5 nitrogen and oxygen atoms in total. The Hall–Kier alpha value is -1.11. The first-order valence-corrected chi connectivity index (χ1v) is 9.71. The van der Waals surface area contributed by atoms with Gasteiger partial charge in [0.25, 0.3) is 0 Å². The highest BCUT2D eigenvalue weighted by Crippen LogP contribution is 2.14. The molecule has 7 heteroatoms. The van der Waals surface area contributed by atoms with E-state index in [1.165, 1.54) is 6.26 Å². The quantitative estimate of drug-likeness (QED) is 0.775. The second kappa shape index (κ2) is 9.25. The number of carbonyl (C=O) groups is 1. The second-order valence-electron chi connectivity index (χ2n) is 6.06. The SMILES string of the molecule is CS(=O)(=O)Cc1ccc(CNC(=O)CCC2CCNC2)cc1.Cl. The minimum atomic E-state index is -3.01. The van der Waals surface area contributed by atoms with Crippen LogP contribution in [0, 0.1) is 5.92 Å². The van der Waals surface area contributed by atoms with Crippen molar-refractivity contribution in [2.75, 3.05) is 19.3 Å². The zero-order valence-corrected chi connectivity index (χ0v) is 15.0. The summed E-state index contributed by atoms with van der Waals surface area (Å²) in [6, 6.07) is 7.32. The number of amides is 1. The molecule has 1 atom stereocenters. The van der Waals surface area contributed by atoms with E-state index >= 15 is 0 Å². The second-order valence-corrected chi connectivity index (χ2v) is 8.20. The molecule has 0 aromatic heterocycles. The van der Waals surface area contributed by atoms with Crippen LogP contribution in [-0.4, -0.2) is 33.7 Å². The summed E-state index contributed by atoms with van der Waals surface area (Å²) < 4.78 is 22.4. The Labute approximate surface area is 144 Å². The standard InChI is InChI=1S/C16H24N2O3S.ClH/c1-22(20,21)12-15-4-2-13(3-5-15)11-18-16(19)7-6-14-8-9-17-10-14;/h2-5,14,17H,6-12H2,1H3,(H,18,19);1H. The van der Waals surface area contributed by atoms with Crippen LogP contribution in [0.15, 0.2) is 24.3 Å². The summed E-state index contributed by atoms with van der Waals surface area (Å²) in [5, 5.41) is 6.21. The van der Waals surface area contributed by atoms with Crippen LogP contribution in [0.5, 0.6) is 0 Å². The summed E-state index contributed by atoms with van der Waals surface area (Å²) >= 11 is 0. The summed E-state index contributed by atoms with van der Waals surface area (Å²) in [6.45, 7) is 2.57. The van der Waals surface area contributed by atoms with Gasteiger partial charge in [-0.25, -0.2) is 8.42 Å². The predicted octanol–water partition coefficient (Wildman–Crippen LogP) is 1.66. The van der Waals surface area contributed by atoms with Crippen LogP contribution in [0.1, 0.15) is 30.4 Å². The number of rotatable bonds is 7. The van der Waals surface area contributed by atoms with E-state index in [9.17, 15) is 13.2 Å². The average molecular weight is 361 g/mol. The van der Waals surface area contributed by atoms with Gasteiger partial charge in [-0.05, 0) is 43.0 Å². The summed E-state index contributed by atoms with van der Waals surface area (Å²) in [7, 11) is -3.01. The molecule has 2 N–H and O–H groups in total. The van der Waals surface area contributed by atoms with Crippen LogP contribution in [0.25, 0.3) is 0 Å². The normalized spacial score (nSPS) is 17.5. The molecule has 1 saturated heterocycles. The molecule has 2 rings (SSSR count). The van der Waals surface area contributed by atoms with E-state index in [0.717, 1.165) is 37.1 Å². The Bertz CT molecular complexity index is 596. The van der Waals surface area contributed by atoms with Crippen LogP contribution < -0.4 is 10.6 Å². The van der Waals surface area contributed by atoms with Crippen LogP contribution in [0.2, 0.25) is 0 Å². The van der Waals surface area contributed by atoms with Gasteiger partial charge in [-0.1, -0.05) is 24.3 Å². The van der Waals surface area contributed by atoms with E-state index in [4.69, 9.17) is 0 Å². The largest absolute Gasteiger partial charge is 0.352 e. The molecular weight excluding hydrogens is 336 g/mol. The average Bonchev–Trinajstić information content (AvgIpc) is 2.96. The van der Waals surface area contributed by atoms with Crippen LogP contribution in [0.3, 0.4) is 0 Å². The molecule has 1 aromatic carbocycles. The summed E-state index contributed by atoms with van der Waals surface area (Å²) in [5.41, 5.74) is 1.75. The first kappa shape index (κ1) is 19.9. The Kier molecular flexibility index (Phi) is 8.02. The predicted molar refractivity (Wildman–Crippen MR) is 94.3 cm³/mol. The zero-order valence-electron chi connectivity index (χ0n) is 13.4. The fraction of sp³-hybridized carbons (Fsp3) is 0.562. The van der Waals surface area contributed by atoms with Crippen molar-refractivity contribution in [3.63, 3.8) is 0 Å². The van der Waals surface area contributed by atoms with Crippen LogP contribution in [-0.2, 0) is 26.9 Å². The minimum absolute atomic E-state index is 0. The topological polar surface area (TPSA) is 75.3 Å². The van der Waals surface area contributed by atoms with Crippen LogP contribution >= 0.6 is 12.4 Å². The number of hydrogen-bond acceptors (Lipinski definition) is 4. The number of nitrogens with one attached hydrogen (secondary N) is 2. The van der Waals surface area contributed by atoms with E-state index in [0.29, 0.717) is 18.9 Å². The monoisotopic (exact) mass is 360 g/mol. The number of halogens is 1. The van der Waals surface area contributed by atoms with Crippen molar-refractivity contribution in [2.45, 2.75) is 31.6 Å². The maximum atomic E-state index is 11.8. The lowest BCUT2D eigenvalue weighted by atomic mass is 10.0. The molecule has 1 heterocycles. The summed E-state index contributed by atoms with van der Waals surface area (Å²) in [6.07, 6.45) is 3.89. The molecule has 1 aromatic rings. The van der Waals surface area contributed by atoms with Gasteiger partial charge < -0.3 is 10.6 Å². The Morgan fingerprint density at radius 2 is 1.91 bits per heavy atom. The molecule has 1 aliphatic rings. The smallest absolute Gasteiger partial charge is 0.220 e. The molecule has 1 fully saturated rings. The number of sulfone groups is 1. The fourth-order valence-electron chi connectivity index (χ4n) is 2.64.